The molecule has 0 radical (unpaired) electrons. The molecule has 2 aromatic rings. The molecular formula is C21H24F2N2O3S. The number of halogens is 2. The number of hydrogen-bond donors (Lipinski definition) is 2. The molecule has 1 amide bonds. The molecular weight excluding hydrogens is 398 g/mol. The van der Waals surface area contributed by atoms with Gasteiger partial charge in [0, 0.05) is 12.5 Å². The average molecular weight is 422 g/mol. The Labute approximate surface area is 169 Å². The number of sulfone groups is 1. The van der Waals surface area contributed by atoms with E-state index in [2.05, 4.69) is 5.32 Å². The van der Waals surface area contributed by atoms with Gasteiger partial charge in [-0.05, 0) is 48.6 Å². The van der Waals surface area contributed by atoms with Crippen molar-refractivity contribution in [1.29, 1.82) is 0 Å². The van der Waals surface area contributed by atoms with E-state index < -0.39 is 27.2 Å². The van der Waals surface area contributed by atoms with Crippen molar-refractivity contribution in [1.82, 2.24) is 5.32 Å². The minimum atomic E-state index is -3.19. The highest BCUT2D eigenvalue weighted by Crippen LogP contribution is 2.34. The lowest BCUT2D eigenvalue weighted by atomic mass is 9.83. The van der Waals surface area contributed by atoms with Crippen molar-refractivity contribution in [2.45, 2.75) is 37.3 Å². The molecule has 1 fully saturated rings. The Bertz CT molecular complexity index is 981. The largest absolute Gasteiger partial charge is 0.346 e. The molecule has 5 nitrogen and oxygen atoms in total. The summed E-state index contributed by atoms with van der Waals surface area (Å²) >= 11 is 0. The van der Waals surface area contributed by atoms with E-state index in [1.807, 2.05) is 0 Å². The van der Waals surface area contributed by atoms with E-state index in [1.54, 1.807) is 24.3 Å². The van der Waals surface area contributed by atoms with Gasteiger partial charge in [-0.1, -0.05) is 30.3 Å². The van der Waals surface area contributed by atoms with Gasteiger partial charge in [-0.2, -0.15) is 0 Å². The van der Waals surface area contributed by atoms with Gasteiger partial charge >= 0.3 is 0 Å². The fourth-order valence-electron chi connectivity index (χ4n) is 3.73. The van der Waals surface area contributed by atoms with Crippen LogP contribution in [0.15, 0.2) is 48.5 Å². The van der Waals surface area contributed by atoms with Crippen molar-refractivity contribution >= 4 is 15.7 Å². The van der Waals surface area contributed by atoms with Crippen LogP contribution >= 0.6 is 0 Å². The molecule has 3 N–H and O–H groups in total. The van der Waals surface area contributed by atoms with E-state index in [0.717, 1.165) is 0 Å². The van der Waals surface area contributed by atoms with Crippen LogP contribution in [0.5, 0.6) is 0 Å². The molecule has 1 aliphatic heterocycles. The first-order valence-electron chi connectivity index (χ1n) is 9.46. The molecule has 156 valence electrons. The summed E-state index contributed by atoms with van der Waals surface area (Å²) in [5.41, 5.74) is 6.03. The Morgan fingerprint density at radius 2 is 1.79 bits per heavy atom. The highest BCUT2D eigenvalue weighted by Gasteiger charge is 2.40. The minimum absolute atomic E-state index is 0.0574. The topological polar surface area (TPSA) is 89.3 Å². The second kappa shape index (κ2) is 8.59. The summed E-state index contributed by atoms with van der Waals surface area (Å²) in [6, 6.07) is 11.5. The van der Waals surface area contributed by atoms with Crippen molar-refractivity contribution < 1.29 is 22.0 Å². The lowest BCUT2D eigenvalue weighted by Gasteiger charge is -2.38. The monoisotopic (exact) mass is 422 g/mol. The van der Waals surface area contributed by atoms with E-state index in [1.165, 1.54) is 24.3 Å². The molecule has 1 aliphatic rings. The molecule has 29 heavy (non-hydrogen) atoms. The maximum Gasteiger partial charge on any atom is 0.222 e. The van der Waals surface area contributed by atoms with Gasteiger partial charge in [-0.15, -0.1) is 0 Å². The number of nitrogens with one attached hydrogen (secondary N) is 1. The number of carbonyl (C=O) groups is 1. The smallest absolute Gasteiger partial charge is 0.222 e. The van der Waals surface area contributed by atoms with Crippen molar-refractivity contribution in [2.24, 2.45) is 5.73 Å². The minimum Gasteiger partial charge on any atom is -0.346 e. The molecule has 0 aliphatic carbocycles. The van der Waals surface area contributed by atoms with Crippen LogP contribution in [-0.2, 0) is 26.6 Å². The van der Waals surface area contributed by atoms with E-state index in [-0.39, 0.29) is 48.9 Å². The lowest BCUT2D eigenvalue weighted by Crippen LogP contribution is -2.51. The first kappa shape index (κ1) is 21.4. The second-order valence-corrected chi connectivity index (χ2v) is 9.86. The lowest BCUT2D eigenvalue weighted by molar-refractivity contribution is -0.123. The molecule has 0 saturated carbocycles. The van der Waals surface area contributed by atoms with E-state index in [4.69, 9.17) is 5.73 Å². The van der Waals surface area contributed by atoms with Gasteiger partial charge in [0.2, 0.25) is 5.91 Å². The summed E-state index contributed by atoms with van der Waals surface area (Å²) in [5.74, 6) is -1.40. The number of nitrogens with two attached hydrogens (primary N) is 1. The fraction of sp³-hybridized carbons (Fsp3) is 0.381. The van der Waals surface area contributed by atoms with Crippen molar-refractivity contribution in [3.63, 3.8) is 0 Å². The zero-order chi connectivity index (χ0) is 21.1. The number of hydrogen-bond acceptors (Lipinski definition) is 4. The molecule has 2 aromatic carbocycles. The summed E-state index contributed by atoms with van der Waals surface area (Å²) in [7, 11) is -3.19. The molecule has 0 bridgehead atoms. The van der Waals surface area contributed by atoms with Crippen molar-refractivity contribution in [3.05, 3.63) is 71.3 Å². The van der Waals surface area contributed by atoms with Gasteiger partial charge in [0.25, 0.3) is 0 Å². The number of benzene rings is 2. The maximum absolute atomic E-state index is 13.8. The quantitative estimate of drug-likeness (QED) is 0.748. The predicted octanol–water partition coefficient (Wildman–Crippen LogP) is 2.45. The molecule has 3 rings (SSSR count). The third kappa shape index (κ3) is 5.39. The first-order valence-corrected chi connectivity index (χ1v) is 11.3. The number of rotatable bonds is 6. The zero-order valence-corrected chi connectivity index (χ0v) is 16.7. The third-order valence-electron chi connectivity index (χ3n) is 5.32. The van der Waals surface area contributed by atoms with Gasteiger partial charge in [0.15, 0.2) is 9.84 Å². The Kier molecular flexibility index (Phi) is 6.33. The summed E-state index contributed by atoms with van der Waals surface area (Å²) in [6.07, 6.45) is 0.458. The maximum atomic E-state index is 13.8. The van der Waals surface area contributed by atoms with Crippen LogP contribution in [0.2, 0.25) is 0 Å². The van der Waals surface area contributed by atoms with Crippen LogP contribution in [0.3, 0.4) is 0 Å². The van der Waals surface area contributed by atoms with Crippen LogP contribution in [0.1, 0.15) is 30.4 Å². The van der Waals surface area contributed by atoms with Crippen molar-refractivity contribution in [3.8, 4) is 0 Å². The molecule has 1 saturated heterocycles. The van der Waals surface area contributed by atoms with Crippen molar-refractivity contribution in [2.75, 3.05) is 11.5 Å². The summed E-state index contributed by atoms with van der Waals surface area (Å²) in [6.45, 7) is 0. The normalized spacial score (nSPS) is 18.7. The second-order valence-electron chi connectivity index (χ2n) is 7.55. The Morgan fingerprint density at radius 1 is 1.10 bits per heavy atom. The fourth-order valence-corrected chi connectivity index (χ4v) is 5.26. The van der Waals surface area contributed by atoms with Gasteiger partial charge in [0.1, 0.15) is 11.6 Å². The van der Waals surface area contributed by atoms with Gasteiger partial charge in [-0.3, -0.25) is 4.79 Å². The first-order chi connectivity index (χ1) is 13.7. The molecule has 1 atom stereocenters. The Balaban J connectivity index is 1.74. The zero-order valence-electron chi connectivity index (χ0n) is 15.9. The molecule has 1 unspecified atom stereocenters. The highest BCUT2D eigenvalue weighted by molar-refractivity contribution is 7.91. The molecule has 8 heteroatoms. The van der Waals surface area contributed by atoms with E-state index >= 15 is 0 Å². The molecule has 0 spiro atoms. The average Bonchev–Trinajstić information content (AvgIpc) is 2.65. The number of amides is 1. The third-order valence-corrected chi connectivity index (χ3v) is 6.98. The van der Waals surface area contributed by atoms with Gasteiger partial charge < -0.3 is 11.1 Å². The van der Waals surface area contributed by atoms with Crippen LogP contribution in [0, 0.1) is 11.6 Å². The van der Waals surface area contributed by atoms with Crippen LogP contribution in [0.25, 0.3) is 0 Å². The summed E-state index contributed by atoms with van der Waals surface area (Å²) in [4.78, 5) is 12.7. The van der Waals surface area contributed by atoms with Gasteiger partial charge in [0.05, 0.1) is 17.0 Å². The SMILES string of the molecule is NC(CC(=O)NC1(c2cccc(F)c2)CCS(=O)(=O)CC1)Cc1ccccc1F. The van der Waals surface area contributed by atoms with E-state index in [9.17, 15) is 22.0 Å². The van der Waals surface area contributed by atoms with Crippen LogP contribution < -0.4 is 11.1 Å². The Hall–Kier alpha value is -2.32. The molecule has 0 aromatic heterocycles. The van der Waals surface area contributed by atoms with Crippen LogP contribution in [-0.4, -0.2) is 31.9 Å². The predicted molar refractivity (Wildman–Crippen MR) is 107 cm³/mol. The highest BCUT2D eigenvalue weighted by atomic mass is 32.2. The van der Waals surface area contributed by atoms with E-state index in [0.29, 0.717) is 11.1 Å². The Morgan fingerprint density at radius 3 is 2.45 bits per heavy atom. The van der Waals surface area contributed by atoms with Gasteiger partial charge in [-0.25, -0.2) is 17.2 Å². The van der Waals surface area contributed by atoms with Crippen LogP contribution in [0.4, 0.5) is 8.78 Å². The number of carbonyl (C=O) groups excluding carboxylic acids is 1. The summed E-state index contributed by atoms with van der Waals surface area (Å²) < 4.78 is 51.4. The standard InChI is InChI=1S/C21H24F2N2O3S/c22-17-6-3-5-16(13-17)21(8-10-29(27,28)11-9-21)25-20(26)14-18(24)12-15-4-1-2-7-19(15)23/h1-7,13,18H,8-12,14,24H2,(H,25,26). The summed E-state index contributed by atoms with van der Waals surface area (Å²) in [5, 5.41) is 2.90. The molecule has 1 heterocycles.